The number of carbonyl (C=O) groups is 1. The summed E-state index contributed by atoms with van der Waals surface area (Å²) in [5.74, 6) is 1.23. The van der Waals surface area contributed by atoms with E-state index in [2.05, 4.69) is 58.3 Å². The van der Waals surface area contributed by atoms with Gasteiger partial charge in [-0.1, -0.05) is 29.8 Å². The minimum atomic E-state index is 0.00884. The van der Waals surface area contributed by atoms with Crippen LogP contribution in [0.3, 0.4) is 0 Å². The number of hydrogen-bond acceptors (Lipinski definition) is 4. The maximum Gasteiger partial charge on any atom is 0.217 e. The van der Waals surface area contributed by atoms with Crippen LogP contribution in [0.25, 0.3) is 0 Å². The van der Waals surface area contributed by atoms with E-state index in [0.29, 0.717) is 0 Å². The zero-order chi connectivity index (χ0) is 17.3. The van der Waals surface area contributed by atoms with Crippen LogP contribution in [0.15, 0.2) is 30.6 Å². The Balaban J connectivity index is 1.91. The average Bonchev–Trinajstić information content (AvgIpc) is 2.93. The number of anilines is 1. The van der Waals surface area contributed by atoms with Gasteiger partial charge in [0.05, 0.1) is 6.04 Å². The lowest BCUT2D eigenvalue weighted by Gasteiger charge is -2.20. The van der Waals surface area contributed by atoms with Gasteiger partial charge in [0.25, 0.3) is 0 Å². The fourth-order valence-electron chi connectivity index (χ4n) is 3.38. The first-order valence-corrected chi connectivity index (χ1v) is 8.32. The van der Waals surface area contributed by atoms with Crippen molar-refractivity contribution >= 4 is 11.7 Å². The lowest BCUT2D eigenvalue weighted by Crippen LogP contribution is -2.38. The van der Waals surface area contributed by atoms with Crippen LogP contribution in [0.2, 0.25) is 0 Å². The topological polar surface area (TPSA) is 58.1 Å². The van der Waals surface area contributed by atoms with Crippen LogP contribution in [0, 0.1) is 20.8 Å². The SMILES string of the molecule is CC(=O)N[C@H]1CN(c2ncnc(C)c2C)C[C@@H]1c1ccc(C)cc1. The molecule has 0 saturated carbocycles. The highest BCUT2D eigenvalue weighted by molar-refractivity contribution is 5.73. The zero-order valence-corrected chi connectivity index (χ0v) is 14.7. The monoisotopic (exact) mass is 324 g/mol. The zero-order valence-electron chi connectivity index (χ0n) is 14.7. The molecule has 1 aliphatic heterocycles. The standard InChI is InChI=1S/C19H24N4O/c1-12-5-7-16(8-6-12)17-9-23(10-18(17)22-15(4)24)19-13(2)14(3)20-11-21-19/h5-8,11,17-18H,9-10H2,1-4H3,(H,22,24)/t17-,18+/m1/s1. The summed E-state index contributed by atoms with van der Waals surface area (Å²) in [5.41, 5.74) is 4.59. The minimum absolute atomic E-state index is 0.00884. The van der Waals surface area contributed by atoms with Gasteiger partial charge in [-0.3, -0.25) is 4.79 Å². The van der Waals surface area contributed by atoms with E-state index in [-0.39, 0.29) is 17.9 Å². The van der Waals surface area contributed by atoms with Crippen molar-refractivity contribution in [3.8, 4) is 0 Å². The number of amides is 1. The van der Waals surface area contributed by atoms with Gasteiger partial charge >= 0.3 is 0 Å². The molecule has 1 aromatic carbocycles. The van der Waals surface area contributed by atoms with E-state index >= 15 is 0 Å². The number of rotatable bonds is 3. The smallest absolute Gasteiger partial charge is 0.217 e. The molecular weight excluding hydrogens is 300 g/mol. The van der Waals surface area contributed by atoms with Gasteiger partial charge in [0, 0.05) is 37.2 Å². The molecule has 0 spiro atoms. The third-order valence-corrected chi connectivity index (χ3v) is 4.82. The average molecular weight is 324 g/mol. The molecule has 2 heterocycles. The molecule has 1 aromatic heterocycles. The predicted molar refractivity (Wildman–Crippen MR) is 95.2 cm³/mol. The molecule has 126 valence electrons. The van der Waals surface area contributed by atoms with Crippen molar-refractivity contribution in [1.29, 1.82) is 0 Å². The summed E-state index contributed by atoms with van der Waals surface area (Å²) in [7, 11) is 0. The van der Waals surface area contributed by atoms with Gasteiger partial charge in [-0.2, -0.15) is 0 Å². The Kier molecular flexibility index (Phi) is 4.51. The van der Waals surface area contributed by atoms with Crippen LogP contribution >= 0.6 is 0 Å². The van der Waals surface area contributed by atoms with E-state index in [1.165, 1.54) is 11.1 Å². The lowest BCUT2D eigenvalue weighted by molar-refractivity contribution is -0.119. The quantitative estimate of drug-likeness (QED) is 0.942. The molecule has 0 bridgehead atoms. The third-order valence-electron chi connectivity index (χ3n) is 4.82. The number of benzene rings is 1. The number of aromatic nitrogens is 2. The van der Waals surface area contributed by atoms with Crippen molar-refractivity contribution in [2.75, 3.05) is 18.0 Å². The van der Waals surface area contributed by atoms with E-state index in [0.717, 1.165) is 30.2 Å². The summed E-state index contributed by atoms with van der Waals surface area (Å²) in [6, 6.07) is 8.67. The van der Waals surface area contributed by atoms with Crippen molar-refractivity contribution in [2.45, 2.75) is 39.7 Å². The van der Waals surface area contributed by atoms with Gasteiger partial charge in [-0.25, -0.2) is 9.97 Å². The lowest BCUT2D eigenvalue weighted by atomic mass is 9.93. The first-order chi connectivity index (χ1) is 11.5. The molecule has 1 fully saturated rings. The Morgan fingerprint density at radius 2 is 1.83 bits per heavy atom. The van der Waals surface area contributed by atoms with Crippen molar-refractivity contribution in [1.82, 2.24) is 15.3 Å². The molecule has 3 rings (SSSR count). The highest BCUT2D eigenvalue weighted by atomic mass is 16.1. The highest BCUT2D eigenvalue weighted by Crippen LogP contribution is 2.32. The van der Waals surface area contributed by atoms with Crippen molar-refractivity contribution in [2.24, 2.45) is 0 Å². The summed E-state index contributed by atoms with van der Waals surface area (Å²) in [4.78, 5) is 22.6. The van der Waals surface area contributed by atoms with Gasteiger partial charge in [0.1, 0.15) is 12.1 Å². The molecule has 1 amide bonds. The van der Waals surface area contributed by atoms with Gasteiger partial charge in [0.15, 0.2) is 0 Å². The number of carbonyl (C=O) groups excluding carboxylic acids is 1. The van der Waals surface area contributed by atoms with Gasteiger partial charge < -0.3 is 10.2 Å². The molecule has 1 N–H and O–H groups in total. The normalized spacial score (nSPS) is 20.2. The second kappa shape index (κ2) is 6.59. The van der Waals surface area contributed by atoms with Crippen LogP contribution in [0.4, 0.5) is 5.82 Å². The summed E-state index contributed by atoms with van der Waals surface area (Å²) >= 11 is 0. The number of aryl methyl sites for hydroxylation is 2. The molecule has 0 radical (unpaired) electrons. The second-order valence-corrected chi connectivity index (χ2v) is 6.64. The molecule has 1 saturated heterocycles. The van der Waals surface area contributed by atoms with Crippen LogP contribution < -0.4 is 10.2 Å². The maximum absolute atomic E-state index is 11.6. The van der Waals surface area contributed by atoms with Crippen molar-refractivity contribution < 1.29 is 4.79 Å². The summed E-state index contributed by atoms with van der Waals surface area (Å²) in [6.07, 6.45) is 1.62. The number of nitrogens with zero attached hydrogens (tertiary/aromatic N) is 3. The summed E-state index contributed by atoms with van der Waals surface area (Å²) in [6.45, 7) is 9.31. The van der Waals surface area contributed by atoms with Gasteiger partial charge in [0.2, 0.25) is 5.91 Å². The molecule has 1 aliphatic rings. The molecule has 0 unspecified atom stereocenters. The van der Waals surface area contributed by atoms with Gasteiger partial charge in [-0.05, 0) is 26.3 Å². The van der Waals surface area contributed by atoms with Crippen LogP contribution in [-0.2, 0) is 4.79 Å². The van der Waals surface area contributed by atoms with Crippen molar-refractivity contribution in [3.63, 3.8) is 0 Å². The fraction of sp³-hybridized carbons (Fsp3) is 0.421. The van der Waals surface area contributed by atoms with E-state index in [1.807, 2.05) is 6.92 Å². The van der Waals surface area contributed by atoms with Crippen molar-refractivity contribution in [3.05, 3.63) is 53.0 Å². The number of nitrogens with one attached hydrogen (secondary N) is 1. The summed E-state index contributed by atoms with van der Waals surface area (Å²) in [5, 5.41) is 3.11. The Morgan fingerprint density at radius 3 is 2.50 bits per heavy atom. The third kappa shape index (κ3) is 3.25. The van der Waals surface area contributed by atoms with Crippen LogP contribution in [-0.4, -0.2) is 35.0 Å². The molecular formula is C19H24N4O. The first kappa shape index (κ1) is 16.4. The molecule has 2 aromatic rings. The van der Waals surface area contributed by atoms with Crippen LogP contribution in [0.5, 0.6) is 0 Å². The second-order valence-electron chi connectivity index (χ2n) is 6.64. The fourth-order valence-corrected chi connectivity index (χ4v) is 3.38. The summed E-state index contributed by atoms with van der Waals surface area (Å²) < 4.78 is 0. The molecule has 24 heavy (non-hydrogen) atoms. The first-order valence-electron chi connectivity index (χ1n) is 8.32. The Morgan fingerprint density at radius 1 is 1.12 bits per heavy atom. The molecule has 2 atom stereocenters. The van der Waals surface area contributed by atoms with E-state index < -0.39 is 0 Å². The van der Waals surface area contributed by atoms with Crippen LogP contribution in [0.1, 0.15) is 35.2 Å². The van der Waals surface area contributed by atoms with E-state index in [4.69, 9.17) is 0 Å². The minimum Gasteiger partial charge on any atom is -0.354 e. The maximum atomic E-state index is 11.6. The van der Waals surface area contributed by atoms with Gasteiger partial charge in [-0.15, -0.1) is 0 Å². The number of hydrogen-bond donors (Lipinski definition) is 1. The Labute approximate surface area is 143 Å². The molecule has 5 nitrogen and oxygen atoms in total. The Bertz CT molecular complexity index is 742. The van der Waals surface area contributed by atoms with E-state index in [9.17, 15) is 4.79 Å². The largest absolute Gasteiger partial charge is 0.354 e. The molecule has 5 heteroatoms. The Hall–Kier alpha value is -2.43. The highest BCUT2D eigenvalue weighted by Gasteiger charge is 2.35. The van der Waals surface area contributed by atoms with E-state index in [1.54, 1.807) is 13.3 Å². The predicted octanol–water partition coefficient (Wildman–Crippen LogP) is 2.51. The molecule has 0 aliphatic carbocycles.